The fourth-order valence-corrected chi connectivity index (χ4v) is 4.84. The van der Waals surface area contributed by atoms with Gasteiger partial charge in [0.25, 0.3) is 11.8 Å². The molecule has 2 heterocycles. The third kappa shape index (κ3) is 2.27. The van der Waals surface area contributed by atoms with Crippen molar-refractivity contribution in [2.24, 2.45) is 0 Å². The Morgan fingerprint density at radius 2 is 1.83 bits per heavy atom. The molecule has 1 aliphatic heterocycles. The molecule has 0 spiro atoms. The number of hydrogen-bond donors (Lipinski definition) is 0. The van der Waals surface area contributed by atoms with Gasteiger partial charge in [0.1, 0.15) is 11.1 Å². The highest BCUT2D eigenvalue weighted by Crippen LogP contribution is 2.44. The number of carbonyl (C=O) groups excluding carboxylic acids is 2. The summed E-state index contributed by atoms with van der Waals surface area (Å²) in [6.07, 6.45) is 5.15. The zero-order valence-electron chi connectivity index (χ0n) is 12.9. The van der Waals surface area contributed by atoms with E-state index >= 15 is 0 Å². The van der Waals surface area contributed by atoms with Gasteiger partial charge in [-0.15, -0.1) is 11.3 Å². The lowest BCUT2D eigenvalue weighted by Crippen LogP contribution is -2.29. The van der Waals surface area contributed by atoms with E-state index in [2.05, 4.69) is 18.2 Å². The number of carbonyl (C=O) groups is 2. The molecule has 2 amide bonds. The van der Waals surface area contributed by atoms with Gasteiger partial charge in [0.05, 0.1) is 5.56 Å². The molecule has 24 heavy (non-hydrogen) atoms. The van der Waals surface area contributed by atoms with Crippen LogP contribution in [-0.4, -0.2) is 11.8 Å². The minimum absolute atomic E-state index is 0.366. The number of fused-ring (bicyclic) bond motifs is 1. The van der Waals surface area contributed by atoms with Gasteiger partial charge in [-0.2, -0.15) is 5.26 Å². The Morgan fingerprint density at radius 3 is 2.50 bits per heavy atom. The number of anilines is 1. The molecule has 5 heteroatoms. The van der Waals surface area contributed by atoms with Gasteiger partial charge >= 0.3 is 0 Å². The first kappa shape index (κ1) is 14.9. The number of amides is 2. The van der Waals surface area contributed by atoms with Crippen LogP contribution in [0.3, 0.4) is 0 Å². The highest BCUT2D eigenvalue weighted by atomic mass is 32.1. The van der Waals surface area contributed by atoms with Crippen LogP contribution in [0, 0.1) is 11.3 Å². The Morgan fingerprint density at radius 1 is 1.12 bits per heavy atom. The van der Waals surface area contributed by atoms with Crippen molar-refractivity contribution in [2.75, 3.05) is 4.90 Å². The number of thiophene rings is 1. The topological polar surface area (TPSA) is 61.2 Å². The van der Waals surface area contributed by atoms with Crippen molar-refractivity contribution in [1.82, 2.24) is 0 Å². The van der Waals surface area contributed by atoms with Crippen LogP contribution in [0.2, 0.25) is 0 Å². The standard InChI is InChI=1S/C19H14N2O2S/c20-11-15-14-7-6-13(12-4-2-1-3-5-12)10-16(14)24-19(15)21-17(22)8-9-18(21)23/h1-5,8-9,13H,6-7,10H2/t13-/m0/s1. The van der Waals surface area contributed by atoms with E-state index in [0.717, 1.165) is 34.6 Å². The van der Waals surface area contributed by atoms with Crippen LogP contribution in [0.5, 0.6) is 0 Å². The Labute approximate surface area is 143 Å². The second-order valence-electron chi connectivity index (χ2n) is 5.99. The van der Waals surface area contributed by atoms with Crippen molar-refractivity contribution >= 4 is 28.2 Å². The molecule has 0 N–H and O–H groups in total. The first-order valence-electron chi connectivity index (χ1n) is 7.84. The third-order valence-corrected chi connectivity index (χ3v) is 5.88. The predicted octanol–water partition coefficient (Wildman–Crippen LogP) is 3.32. The van der Waals surface area contributed by atoms with Crippen molar-refractivity contribution in [3.63, 3.8) is 0 Å². The molecular weight excluding hydrogens is 320 g/mol. The van der Waals surface area contributed by atoms with Crippen molar-refractivity contribution in [3.8, 4) is 6.07 Å². The largest absolute Gasteiger partial charge is 0.269 e. The Kier molecular flexibility index (Phi) is 3.55. The van der Waals surface area contributed by atoms with Gasteiger partial charge in [-0.25, -0.2) is 4.90 Å². The first-order valence-corrected chi connectivity index (χ1v) is 8.66. The summed E-state index contributed by atoms with van der Waals surface area (Å²) in [6, 6.07) is 12.6. The van der Waals surface area contributed by atoms with Gasteiger partial charge in [0.15, 0.2) is 0 Å². The van der Waals surface area contributed by atoms with E-state index in [4.69, 9.17) is 0 Å². The zero-order valence-corrected chi connectivity index (χ0v) is 13.7. The summed E-state index contributed by atoms with van der Waals surface area (Å²) in [4.78, 5) is 26.2. The third-order valence-electron chi connectivity index (χ3n) is 4.64. The highest BCUT2D eigenvalue weighted by Gasteiger charge is 2.33. The second-order valence-corrected chi connectivity index (χ2v) is 7.07. The van der Waals surface area contributed by atoms with E-state index in [1.54, 1.807) is 0 Å². The van der Waals surface area contributed by atoms with Gasteiger partial charge in [-0.3, -0.25) is 9.59 Å². The minimum Gasteiger partial charge on any atom is -0.269 e. The fraction of sp³-hybridized carbons (Fsp3) is 0.211. The van der Waals surface area contributed by atoms with E-state index in [9.17, 15) is 14.9 Å². The molecule has 0 bridgehead atoms. The molecule has 2 aliphatic rings. The maximum atomic E-state index is 12.0. The van der Waals surface area contributed by atoms with Crippen molar-refractivity contribution in [2.45, 2.75) is 25.2 Å². The number of nitrogens with zero attached hydrogens (tertiary/aromatic N) is 2. The van der Waals surface area contributed by atoms with Crippen molar-refractivity contribution in [3.05, 3.63) is 64.1 Å². The number of benzene rings is 1. The Bertz CT molecular complexity index is 887. The fourth-order valence-electron chi connectivity index (χ4n) is 3.45. The molecule has 1 atom stereocenters. The van der Waals surface area contributed by atoms with Gasteiger partial charge in [0, 0.05) is 17.0 Å². The van der Waals surface area contributed by atoms with Crippen LogP contribution in [-0.2, 0) is 22.4 Å². The molecule has 0 saturated heterocycles. The monoisotopic (exact) mass is 334 g/mol. The SMILES string of the molecule is N#Cc1c(N2C(=O)C=CC2=O)sc2c1CC[C@H](c1ccccc1)C2. The molecule has 0 fully saturated rings. The van der Waals surface area contributed by atoms with Gasteiger partial charge in [-0.05, 0) is 36.3 Å². The van der Waals surface area contributed by atoms with Crippen LogP contribution in [0.15, 0.2) is 42.5 Å². The molecule has 1 aromatic carbocycles. The lowest BCUT2D eigenvalue weighted by Gasteiger charge is -2.22. The summed E-state index contributed by atoms with van der Waals surface area (Å²) in [5.74, 6) is -0.315. The van der Waals surface area contributed by atoms with Crippen LogP contribution >= 0.6 is 11.3 Å². The van der Waals surface area contributed by atoms with Crippen LogP contribution in [0.25, 0.3) is 0 Å². The number of nitriles is 1. The lowest BCUT2D eigenvalue weighted by atomic mass is 9.83. The molecule has 1 aliphatic carbocycles. The molecular formula is C19H14N2O2S. The Balaban J connectivity index is 1.72. The van der Waals surface area contributed by atoms with E-state index in [-0.39, 0.29) is 11.8 Å². The Hall–Kier alpha value is -2.71. The molecule has 118 valence electrons. The smallest absolute Gasteiger partial charge is 0.258 e. The maximum absolute atomic E-state index is 12.0. The molecule has 0 unspecified atom stereocenters. The molecule has 0 saturated carbocycles. The van der Waals surface area contributed by atoms with Gasteiger partial charge in [0.2, 0.25) is 0 Å². The molecule has 1 aromatic heterocycles. The van der Waals surface area contributed by atoms with E-state index in [1.807, 2.05) is 18.2 Å². The number of hydrogen-bond acceptors (Lipinski definition) is 4. The average Bonchev–Trinajstić information content (AvgIpc) is 3.13. The van der Waals surface area contributed by atoms with Gasteiger partial charge < -0.3 is 0 Å². The molecule has 4 nitrogen and oxygen atoms in total. The quantitative estimate of drug-likeness (QED) is 0.792. The zero-order chi connectivity index (χ0) is 16.7. The van der Waals surface area contributed by atoms with E-state index in [1.165, 1.54) is 29.1 Å². The second kappa shape index (κ2) is 5.73. The van der Waals surface area contributed by atoms with Crippen molar-refractivity contribution in [1.29, 1.82) is 5.26 Å². The summed E-state index contributed by atoms with van der Waals surface area (Å²) in [5, 5.41) is 10.0. The summed E-state index contributed by atoms with van der Waals surface area (Å²) in [5.41, 5.74) is 2.80. The average molecular weight is 334 g/mol. The minimum atomic E-state index is -0.366. The molecule has 2 aromatic rings. The summed E-state index contributed by atoms with van der Waals surface area (Å²) in [6.45, 7) is 0. The van der Waals surface area contributed by atoms with E-state index < -0.39 is 0 Å². The number of rotatable bonds is 2. The molecule has 0 radical (unpaired) electrons. The summed E-state index contributed by atoms with van der Waals surface area (Å²) < 4.78 is 0. The lowest BCUT2D eigenvalue weighted by molar-refractivity contribution is -0.119. The highest BCUT2D eigenvalue weighted by molar-refractivity contribution is 7.17. The predicted molar refractivity (Wildman–Crippen MR) is 91.9 cm³/mol. The first-order chi connectivity index (χ1) is 11.7. The molecule has 4 rings (SSSR count). The normalized spacial score (nSPS) is 19.5. The van der Waals surface area contributed by atoms with Gasteiger partial charge in [-0.1, -0.05) is 30.3 Å². The van der Waals surface area contributed by atoms with Crippen LogP contribution in [0.4, 0.5) is 5.00 Å². The summed E-state index contributed by atoms with van der Waals surface area (Å²) in [7, 11) is 0. The number of imide groups is 1. The van der Waals surface area contributed by atoms with Crippen LogP contribution in [0.1, 0.15) is 33.9 Å². The van der Waals surface area contributed by atoms with Crippen LogP contribution < -0.4 is 4.90 Å². The van der Waals surface area contributed by atoms with E-state index in [0.29, 0.717) is 16.5 Å². The summed E-state index contributed by atoms with van der Waals surface area (Å²) >= 11 is 1.41. The maximum Gasteiger partial charge on any atom is 0.258 e. The van der Waals surface area contributed by atoms with Crippen molar-refractivity contribution < 1.29 is 9.59 Å².